The number of hydrogen-bond acceptors (Lipinski definition) is 7. The number of aliphatic hydroxyl groups is 1. The highest BCUT2D eigenvalue weighted by atomic mass is 32.2. The molecule has 0 aliphatic carbocycles. The molecule has 1 heterocycles. The summed E-state index contributed by atoms with van der Waals surface area (Å²) in [6, 6.07) is 12.7. The maximum Gasteiger partial charge on any atom is 0.238 e. The van der Waals surface area contributed by atoms with E-state index in [2.05, 4.69) is 20.6 Å². The lowest BCUT2D eigenvalue weighted by molar-refractivity contribution is 0.228. The van der Waals surface area contributed by atoms with Crippen LogP contribution in [-0.2, 0) is 10.0 Å². The Morgan fingerprint density at radius 3 is 2.48 bits per heavy atom. The monoisotopic (exact) mass is 443 g/mol. The molecule has 162 valence electrons. The number of sulfonamides is 1. The molecule has 0 aliphatic heterocycles. The lowest BCUT2D eigenvalue weighted by Gasteiger charge is -2.12. The molecule has 0 fully saturated rings. The summed E-state index contributed by atoms with van der Waals surface area (Å²) < 4.78 is 37.3. The first kappa shape index (κ1) is 22.3. The van der Waals surface area contributed by atoms with E-state index in [1.165, 1.54) is 18.2 Å². The van der Waals surface area contributed by atoms with Gasteiger partial charge in [0.15, 0.2) is 11.6 Å². The number of aromatic nitrogens is 2. The lowest BCUT2D eigenvalue weighted by Crippen LogP contribution is -2.12. The number of halogens is 1. The summed E-state index contributed by atoms with van der Waals surface area (Å²) in [4.78, 5) is 7.92. The van der Waals surface area contributed by atoms with E-state index in [4.69, 9.17) is 5.14 Å². The molecule has 0 spiro atoms. The molecule has 10 heteroatoms. The minimum atomic E-state index is -3.87. The molecular formula is C21H22FN5O3S. The number of aliphatic hydroxyl groups excluding tert-OH is 1. The maximum atomic E-state index is 14.3. The number of hydrogen-bond donors (Lipinski definition) is 4. The SMILES string of the molecule is CC(C)=CC(O)c1cccc(Nc2nc(Nc3cccc(S(N)(=O)=O)c3)ncc2F)c1. The standard InChI is InChI=1S/C21H22FN5O3S/c1-13(2)9-19(28)14-5-3-6-15(10-14)25-20-18(22)12-24-21(27-20)26-16-7-4-8-17(11-16)31(23,29)30/h3-12,19,28H,1-2H3,(H2,23,29,30)(H2,24,25,26,27). The molecule has 0 aliphatic rings. The average molecular weight is 444 g/mol. The Balaban J connectivity index is 1.83. The number of nitrogens with one attached hydrogen (secondary N) is 2. The Hall–Kier alpha value is -3.34. The number of benzene rings is 2. The molecular weight excluding hydrogens is 421 g/mol. The molecule has 8 nitrogen and oxygen atoms in total. The zero-order valence-corrected chi connectivity index (χ0v) is 17.7. The largest absolute Gasteiger partial charge is 0.384 e. The van der Waals surface area contributed by atoms with Crippen LogP contribution in [0.15, 0.2) is 71.3 Å². The molecule has 1 unspecified atom stereocenters. The van der Waals surface area contributed by atoms with E-state index in [0.717, 1.165) is 11.8 Å². The molecule has 0 radical (unpaired) electrons. The summed E-state index contributed by atoms with van der Waals surface area (Å²) in [7, 11) is -3.87. The third-order valence-electron chi connectivity index (χ3n) is 4.14. The van der Waals surface area contributed by atoms with Crippen molar-refractivity contribution in [3.63, 3.8) is 0 Å². The first-order valence-corrected chi connectivity index (χ1v) is 10.8. The summed E-state index contributed by atoms with van der Waals surface area (Å²) in [6.07, 6.45) is 1.91. The van der Waals surface area contributed by atoms with E-state index in [-0.39, 0.29) is 16.7 Å². The van der Waals surface area contributed by atoms with Gasteiger partial charge in [0.1, 0.15) is 0 Å². The predicted molar refractivity (Wildman–Crippen MR) is 117 cm³/mol. The van der Waals surface area contributed by atoms with Gasteiger partial charge in [-0.1, -0.05) is 29.8 Å². The fourth-order valence-corrected chi connectivity index (χ4v) is 3.30. The van der Waals surface area contributed by atoms with Gasteiger partial charge in [-0.05, 0) is 49.7 Å². The van der Waals surface area contributed by atoms with Gasteiger partial charge in [0.05, 0.1) is 17.2 Å². The van der Waals surface area contributed by atoms with Gasteiger partial charge in [-0.25, -0.2) is 22.9 Å². The van der Waals surface area contributed by atoms with E-state index in [9.17, 15) is 17.9 Å². The van der Waals surface area contributed by atoms with Crippen LogP contribution < -0.4 is 15.8 Å². The van der Waals surface area contributed by atoms with Gasteiger partial charge < -0.3 is 15.7 Å². The minimum absolute atomic E-state index is 0.0520. The highest BCUT2D eigenvalue weighted by molar-refractivity contribution is 7.89. The third kappa shape index (κ3) is 6.07. The van der Waals surface area contributed by atoms with Crippen LogP contribution in [0.1, 0.15) is 25.5 Å². The Morgan fingerprint density at radius 2 is 1.81 bits per heavy atom. The number of rotatable bonds is 7. The van der Waals surface area contributed by atoms with Crippen molar-refractivity contribution in [1.82, 2.24) is 9.97 Å². The van der Waals surface area contributed by atoms with E-state index < -0.39 is 21.9 Å². The fourth-order valence-electron chi connectivity index (χ4n) is 2.74. The Morgan fingerprint density at radius 1 is 1.13 bits per heavy atom. The zero-order valence-electron chi connectivity index (χ0n) is 16.9. The van der Waals surface area contributed by atoms with Crippen molar-refractivity contribution < 1.29 is 17.9 Å². The highest BCUT2D eigenvalue weighted by Crippen LogP contribution is 2.24. The van der Waals surface area contributed by atoms with E-state index >= 15 is 0 Å². The maximum absolute atomic E-state index is 14.3. The van der Waals surface area contributed by atoms with Gasteiger partial charge in [-0.2, -0.15) is 4.98 Å². The van der Waals surface area contributed by atoms with Crippen LogP contribution in [0.5, 0.6) is 0 Å². The van der Waals surface area contributed by atoms with E-state index in [0.29, 0.717) is 16.9 Å². The fraction of sp³-hybridized carbons (Fsp3) is 0.143. The molecule has 0 saturated heterocycles. The van der Waals surface area contributed by atoms with Gasteiger partial charge in [0, 0.05) is 11.4 Å². The van der Waals surface area contributed by atoms with Crippen LogP contribution in [0.25, 0.3) is 0 Å². The van der Waals surface area contributed by atoms with E-state index in [1.54, 1.807) is 36.4 Å². The molecule has 3 aromatic rings. The molecule has 0 bridgehead atoms. The molecule has 0 amide bonds. The normalized spacial score (nSPS) is 12.2. The van der Waals surface area contributed by atoms with Crippen molar-refractivity contribution in [2.75, 3.05) is 10.6 Å². The lowest BCUT2D eigenvalue weighted by atomic mass is 10.1. The first-order valence-electron chi connectivity index (χ1n) is 9.24. The number of nitrogens with zero attached hydrogens (tertiary/aromatic N) is 2. The smallest absolute Gasteiger partial charge is 0.238 e. The van der Waals surface area contributed by atoms with Gasteiger partial charge >= 0.3 is 0 Å². The number of anilines is 4. The number of primary sulfonamides is 1. The average Bonchev–Trinajstić information content (AvgIpc) is 2.70. The summed E-state index contributed by atoms with van der Waals surface area (Å²) in [6.45, 7) is 3.77. The molecule has 0 saturated carbocycles. The van der Waals surface area contributed by atoms with Crippen LogP contribution in [0, 0.1) is 5.82 Å². The molecule has 3 rings (SSSR count). The Bertz CT molecular complexity index is 1230. The van der Waals surface area contributed by atoms with Gasteiger partial charge in [-0.3, -0.25) is 0 Å². The topological polar surface area (TPSA) is 130 Å². The van der Waals surface area contributed by atoms with Gasteiger partial charge in [0.25, 0.3) is 0 Å². The van der Waals surface area contributed by atoms with Crippen LogP contribution in [-0.4, -0.2) is 23.5 Å². The summed E-state index contributed by atoms with van der Waals surface area (Å²) >= 11 is 0. The summed E-state index contributed by atoms with van der Waals surface area (Å²) in [5, 5.41) is 21.1. The number of allylic oxidation sites excluding steroid dienone is 1. The predicted octanol–water partition coefficient (Wildman–Crippen LogP) is 3.75. The highest BCUT2D eigenvalue weighted by Gasteiger charge is 2.12. The van der Waals surface area contributed by atoms with Crippen molar-refractivity contribution >= 4 is 33.2 Å². The third-order valence-corrected chi connectivity index (χ3v) is 5.06. The molecule has 5 N–H and O–H groups in total. The second-order valence-corrected chi connectivity index (χ2v) is 8.59. The van der Waals surface area contributed by atoms with Crippen LogP contribution in [0.2, 0.25) is 0 Å². The van der Waals surface area contributed by atoms with Crippen molar-refractivity contribution in [3.05, 3.63) is 77.8 Å². The van der Waals surface area contributed by atoms with Crippen molar-refractivity contribution in [1.29, 1.82) is 0 Å². The van der Waals surface area contributed by atoms with Crippen molar-refractivity contribution in [2.45, 2.75) is 24.8 Å². The zero-order chi connectivity index (χ0) is 22.6. The van der Waals surface area contributed by atoms with Crippen LogP contribution in [0.4, 0.5) is 27.5 Å². The van der Waals surface area contributed by atoms with Crippen molar-refractivity contribution in [3.8, 4) is 0 Å². The van der Waals surface area contributed by atoms with Crippen LogP contribution >= 0.6 is 0 Å². The van der Waals surface area contributed by atoms with Crippen molar-refractivity contribution in [2.24, 2.45) is 5.14 Å². The van der Waals surface area contributed by atoms with Gasteiger partial charge in [0.2, 0.25) is 16.0 Å². The van der Waals surface area contributed by atoms with Crippen LogP contribution in [0.3, 0.4) is 0 Å². The molecule has 1 atom stereocenters. The first-order chi connectivity index (χ1) is 14.6. The number of nitrogens with two attached hydrogens (primary N) is 1. The Kier molecular flexibility index (Phi) is 6.64. The second kappa shape index (κ2) is 9.21. The van der Waals surface area contributed by atoms with Gasteiger partial charge in [-0.15, -0.1) is 0 Å². The molecule has 2 aromatic carbocycles. The molecule has 1 aromatic heterocycles. The molecule has 31 heavy (non-hydrogen) atoms. The minimum Gasteiger partial charge on any atom is -0.384 e. The van der Waals surface area contributed by atoms with E-state index in [1.807, 2.05) is 13.8 Å². The summed E-state index contributed by atoms with van der Waals surface area (Å²) in [5.41, 5.74) is 2.50. The Labute approximate surface area is 179 Å². The second-order valence-electron chi connectivity index (χ2n) is 7.03. The quantitative estimate of drug-likeness (QED) is 0.409. The summed E-state index contributed by atoms with van der Waals surface area (Å²) in [5.74, 6) is -0.718.